The van der Waals surface area contributed by atoms with Crippen molar-refractivity contribution in [3.05, 3.63) is 46.5 Å². The van der Waals surface area contributed by atoms with Crippen LogP contribution in [0.5, 0.6) is 0 Å². The SMILES string of the molecule is O=N/C(C(=O)C(CF)(CF)CF)=C(/O)c1ccccc1. The second kappa shape index (κ2) is 6.83. The average molecular weight is 287 g/mol. The molecule has 20 heavy (non-hydrogen) atoms. The summed E-state index contributed by atoms with van der Waals surface area (Å²) >= 11 is 0. The summed E-state index contributed by atoms with van der Waals surface area (Å²) in [6, 6.07) is 7.34. The lowest BCUT2D eigenvalue weighted by Crippen LogP contribution is -2.39. The lowest BCUT2D eigenvalue weighted by molar-refractivity contribution is -0.128. The maximum Gasteiger partial charge on any atom is 0.202 e. The van der Waals surface area contributed by atoms with Crippen molar-refractivity contribution < 1.29 is 23.1 Å². The quantitative estimate of drug-likeness (QED) is 0.476. The molecule has 7 heteroatoms. The molecule has 0 saturated heterocycles. The first kappa shape index (κ1) is 15.9. The predicted molar refractivity (Wildman–Crippen MR) is 67.2 cm³/mol. The molecule has 0 radical (unpaired) electrons. The summed E-state index contributed by atoms with van der Waals surface area (Å²) in [6.45, 7) is -4.92. The van der Waals surface area contributed by atoms with E-state index in [2.05, 4.69) is 5.18 Å². The van der Waals surface area contributed by atoms with E-state index in [-0.39, 0.29) is 5.56 Å². The zero-order chi connectivity index (χ0) is 15.2. The molecule has 1 aromatic rings. The van der Waals surface area contributed by atoms with E-state index in [4.69, 9.17) is 0 Å². The summed E-state index contributed by atoms with van der Waals surface area (Å²) in [5.41, 5.74) is -3.67. The molecule has 4 nitrogen and oxygen atoms in total. The molecule has 1 N–H and O–H groups in total. The van der Waals surface area contributed by atoms with Crippen molar-refractivity contribution >= 4 is 11.5 Å². The fourth-order valence-electron chi connectivity index (χ4n) is 1.47. The van der Waals surface area contributed by atoms with Crippen LogP contribution in [0.15, 0.2) is 41.2 Å². The molecule has 0 aliphatic carbocycles. The number of hydrogen-bond acceptors (Lipinski definition) is 4. The summed E-state index contributed by atoms with van der Waals surface area (Å²) in [4.78, 5) is 22.6. The third-order valence-electron chi connectivity index (χ3n) is 2.83. The second-order valence-electron chi connectivity index (χ2n) is 4.16. The van der Waals surface area contributed by atoms with Crippen molar-refractivity contribution in [3.63, 3.8) is 0 Å². The Balaban J connectivity index is 3.32. The standard InChI is InChI=1S/C13H12F3NO3/c14-6-13(7-15,8-16)12(19)10(17-20)11(18)9-4-2-1-3-5-9/h1-5,18H,6-8H2/b11-10+. The molecule has 0 spiro atoms. The van der Waals surface area contributed by atoms with Gasteiger partial charge in [-0.05, 0) is 5.18 Å². The predicted octanol–water partition coefficient (Wildman–Crippen LogP) is 3.14. The maximum atomic E-state index is 12.8. The fourth-order valence-corrected chi connectivity index (χ4v) is 1.47. The van der Waals surface area contributed by atoms with Crippen molar-refractivity contribution in [1.82, 2.24) is 0 Å². The highest BCUT2D eigenvalue weighted by Crippen LogP contribution is 2.29. The zero-order valence-corrected chi connectivity index (χ0v) is 10.4. The minimum atomic E-state index is -2.63. The Morgan fingerprint density at radius 2 is 1.60 bits per heavy atom. The highest BCUT2D eigenvalue weighted by molar-refractivity contribution is 6.04. The number of aliphatic hydroxyl groups is 1. The van der Waals surface area contributed by atoms with E-state index >= 15 is 0 Å². The highest BCUT2D eigenvalue weighted by Gasteiger charge is 2.43. The number of nitroso groups, excluding NO2 is 1. The molecule has 0 aliphatic rings. The van der Waals surface area contributed by atoms with E-state index < -0.39 is 42.7 Å². The van der Waals surface area contributed by atoms with E-state index in [1.54, 1.807) is 6.07 Å². The van der Waals surface area contributed by atoms with Crippen molar-refractivity contribution in [2.75, 3.05) is 20.0 Å². The number of carbonyl (C=O) groups is 1. The number of aliphatic hydroxyl groups excluding tert-OH is 1. The number of rotatable bonds is 7. The van der Waals surface area contributed by atoms with E-state index in [0.29, 0.717) is 0 Å². The molecular formula is C13H12F3NO3. The number of Topliss-reactive ketones (excluding diaryl/α,β-unsaturated/α-hetero) is 1. The minimum Gasteiger partial charge on any atom is -0.505 e. The van der Waals surface area contributed by atoms with Gasteiger partial charge in [0.1, 0.15) is 25.4 Å². The van der Waals surface area contributed by atoms with Crippen LogP contribution in [-0.2, 0) is 4.79 Å². The van der Waals surface area contributed by atoms with Crippen LogP contribution in [0.25, 0.3) is 5.76 Å². The Kier molecular flexibility index (Phi) is 5.42. The Morgan fingerprint density at radius 3 is 2.00 bits per heavy atom. The van der Waals surface area contributed by atoms with E-state index in [9.17, 15) is 28.0 Å². The van der Waals surface area contributed by atoms with E-state index in [1.165, 1.54) is 24.3 Å². The van der Waals surface area contributed by atoms with Gasteiger partial charge >= 0.3 is 0 Å². The van der Waals surface area contributed by atoms with Gasteiger partial charge < -0.3 is 5.11 Å². The van der Waals surface area contributed by atoms with Gasteiger partial charge in [0.15, 0.2) is 11.5 Å². The minimum absolute atomic E-state index is 0.0564. The molecule has 1 aromatic carbocycles. The van der Waals surface area contributed by atoms with Gasteiger partial charge in [-0.2, -0.15) is 0 Å². The van der Waals surface area contributed by atoms with Gasteiger partial charge in [-0.15, -0.1) is 4.91 Å². The van der Waals surface area contributed by atoms with Crippen molar-refractivity contribution in [2.24, 2.45) is 10.6 Å². The third-order valence-corrected chi connectivity index (χ3v) is 2.83. The first-order valence-corrected chi connectivity index (χ1v) is 5.61. The van der Waals surface area contributed by atoms with E-state index in [1.807, 2.05) is 0 Å². The van der Waals surface area contributed by atoms with Gasteiger partial charge in [-0.3, -0.25) is 4.79 Å². The Bertz CT molecular complexity index is 505. The number of carbonyl (C=O) groups excluding carboxylic acids is 1. The van der Waals surface area contributed by atoms with Crippen LogP contribution in [0.4, 0.5) is 13.2 Å². The first-order valence-electron chi connectivity index (χ1n) is 5.61. The molecule has 0 bridgehead atoms. The maximum absolute atomic E-state index is 12.8. The fraction of sp³-hybridized carbons (Fsp3) is 0.308. The number of alkyl halides is 3. The smallest absolute Gasteiger partial charge is 0.202 e. The number of hydrogen-bond donors (Lipinski definition) is 1. The Hall–Kier alpha value is -2.18. The second-order valence-corrected chi connectivity index (χ2v) is 4.16. The molecule has 0 aliphatic heterocycles. The number of ketones is 1. The summed E-state index contributed by atoms with van der Waals surface area (Å²) in [5, 5.41) is 12.1. The van der Waals surface area contributed by atoms with Gasteiger partial charge in [0.2, 0.25) is 5.78 Å². The number of allylic oxidation sites excluding steroid dienone is 1. The summed E-state index contributed by atoms with van der Waals surface area (Å²) in [6.07, 6.45) is 0. The molecule has 0 heterocycles. The summed E-state index contributed by atoms with van der Waals surface area (Å²) in [7, 11) is 0. The molecule has 1 rings (SSSR count). The molecule has 0 fully saturated rings. The molecule has 0 unspecified atom stereocenters. The molecule has 0 aromatic heterocycles. The third kappa shape index (κ3) is 2.87. The Labute approximate surface area is 112 Å². The number of nitrogens with zero attached hydrogens (tertiary/aromatic N) is 1. The van der Waals surface area contributed by atoms with Crippen LogP contribution < -0.4 is 0 Å². The first-order chi connectivity index (χ1) is 9.56. The van der Waals surface area contributed by atoms with Gasteiger partial charge in [0.25, 0.3) is 0 Å². The van der Waals surface area contributed by atoms with Crippen LogP contribution in [0.3, 0.4) is 0 Å². The molecule has 0 saturated carbocycles. The monoisotopic (exact) mass is 287 g/mol. The van der Waals surface area contributed by atoms with Crippen LogP contribution in [0.2, 0.25) is 0 Å². The summed E-state index contributed by atoms with van der Waals surface area (Å²) < 4.78 is 38.3. The van der Waals surface area contributed by atoms with Crippen LogP contribution in [0.1, 0.15) is 5.56 Å². The Morgan fingerprint density at radius 1 is 1.10 bits per heavy atom. The summed E-state index contributed by atoms with van der Waals surface area (Å²) in [5.74, 6) is -2.34. The van der Waals surface area contributed by atoms with Crippen molar-refractivity contribution in [3.8, 4) is 0 Å². The molecular weight excluding hydrogens is 275 g/mol. The average Bonchev–Trinajstić information content (AvgIpc) is 2.51. The molecule has 0 amide bonds. The normalized spacial score (nSPS) is 12.8. The van der Waals surface area contributed by atoms with Gasteiger partial charge in [0, 0.05) is 5.56 Å². The number of benzene rings is 1. The highest BCUT2D eigenvalue weighted by atomic mass is 19.1. The molecule has 108 valence electrons. The van der Waals surface area contributed by atoms with Crippen molar-refractivity contribution in [2.45, 2.75) is 0 Å². The van der Waals surface area contributed by atoms with E-state index in [0.717, 1.165) is 0 Å². The lowest BCUT2D eigenvalue weighted by atomic mass is 9.85. The van der Waals surface area contributed by atoms with Crippen LogP contribution >= 0.6 is 0 Å². The lowest BCUT2D eigenvalue weighted by Gasteiger charge is -2.21. The van der Waals surface area contributed by atoms with Crippen LogP contribution in [-0.4, -0.2) is 30.9 Å². The largest absolute Gasteiger partial charge is 0.505 e. The number of halogens is 3. The van der Waals surface area contributed by atoms with Gasteiger partial charge in [-0.1, -0.05) is 30.3 Å². The molecule has 0 atom stereocenters. The van der Waals surface area contributed by atoms with Crippen molar-refractivity contribution in [1.29, 1.82) is 0 Å². The van der Waals surface area contributed by atoms with Gasteiger partial charge in [0.05, 0.1) is 0 Å². The van der Waals surface area contributed by atoms with Gasteiger partial charge in [-0.25, -0.2) is 13.2 Å². The van der Waals surface area contributed by atoms with Crippen LogP contribution in [0, 0.1) is 10.3 Å². The topological polar surface area (TPSA) is 66.7 Å². The zero-order valence-electron chi connectivity index (χ0n) is 10.4.